The molecule has 0 spiro atoms. The van der Waals surface area contributed by atoms with Crippen molar-refractivity contribution in [3.05, 3.63) is 95.3 Å². The molecule has 0 unspecified atom stereocenters. The fourth-order valence-electron chi connectivity index (χ4n) is 3.09. The zero-order valence-corrected chi connectivity index (χ0v) is 15.4. The average molecular weight is 369 g/mol. The Hall–Kier alpha value is -3.73. The summed E-state index contributed by atoms with van der Waals surface area (Å²) in [5.74, 6) is -0.212. The lowest BCUT2D eigenvalue weighted by molar-refractivity contribution is -0.119. The van der Waals surface area contributed by atoms with E-state index in [0.717, 1.165) is 22.0 Å². The van der Waals surface area contributed by atoms with E-state index in [9.17, 15) is 9.59 Å². The zero-order valence-electron chi connectivity index (χ0n) is 15.4. The highest BCUT2D eigenvalue weighted by Gasteiger charge is 2.13. The van der Waals surface area contributed by atoms with Crippen molar-refractivity contribution in [1.82, 2.24) is 9.78 Å². The van der Waals surface area contributed by atoms with Crippen LogP contribution in [0.2, 0.25) is 0 Å². The van der Waals surface area contributed by atoms with Crippen LogP contribution >= 0.6 is 0 Å². The molecule has 0 N–H and O–H groups in total. The quantitative estimate of drug-likeness (QED) is 0.551. The molecule has 138 valence electrons. The van der Waals surface area contributed by atoms with Crippen molar-refractivity contribution < 1.29 is 4.79 Å². The second-order valence-corrected chi connectivity index (χ2v) is 6.56. The number of carbonyl (C=O) groups excluding carboxylic acids is 1. The zero-order chi connectivity index (χ0) is 19.5. The summed E-state index contributed by atoms with van der Waals surface area (Å²) in [7, 11) is 1.69. The number of hydrogen-bond donors (Lipinski definition) is 0. The highest BCUT2D eigenvalue weighted by molar-refractivity contribution is 5.92. The Balaban J connectivity index is 1.63. The van der Waals surface area contributed by atoms with Crippen molar-refractivity contribution in [3.63, 3.8) is 0 Å². The van der Waals surface area contributed by atoms with Gasteiger partial charge in [-0.15, -0.1) is 0 Å². The summed E-state index contributed by atoms with van der Waals surface area (Å²) in [6.07, 6.45) is 0. The standard InChI is InChI=1S/C23H19N3O2/c1-25(20-9-3-2-4-10-20)23(28)16-26-22(27)14-13-21(24-26)19-12-11-17-7-5-6-8-18(17)15-19/h2-15H,16H2,1H3. The second kappa shape index (κ2) is 7.48. The predicted molar refractivity (Wildman–Crippen MR) is 111 cm³/mol. The summed E-state index contributed by atoms with van der Waals surface area (Å²) in [4.78, 5) is 26.4. The van der Waals surface area contributed by atoms with Gasteiger partial charge in [0.25, 0.3) is 5.56 Å². The van der Waals surface area contributed by atoms with Gasteiger partial charge in [0, 0.05) is 24.4 Å². The summed E-state index contributed by atoms with van der Waals surface area (Å²) in [5, 5.41) is 6.66. The van der Waals surface area contributed by atoms with E-state index in [2.05, 4.69) is 5.10 Å². The van der Waals surface area contributed by atoms with Gasteiger partial charge in [0.2, 0.25) is 5.91 Å². The molecule has 0 bridgehead atoms. The Morgan fingerprint density at radius 1 is 0.893 bits per heavy atom. The molecule has 0 aliphatic carbocycles. The highest BCUT2D eigenvalue weighted by Crippen LogP contribution is 2.22. The molecule has 0 saturated heterocycles. The average Bonchev–Trinajstić information content (AvgIpc) is 2.75. The number of anilines is 1. The number of benzene rings is 3. The van der Waals surface area contributed by atoms with Crippen LogP contribution in [0.1, 0.15) is 0 Å². The van der Waals surface area contributed by atoms with E-state index in [1.54, 1.807) is 13.1 Å². The predicted octanol–water partition coefficient (Wildman–Crippen LogP) is 3.73. The molecule has 1 amide bonds. The van der Waals surface area contributed by atoms with Crippen molar-refractivity contribution in [2.75, 3.05) is 11.9 Å². The number of aromatic nitrogens is 2. The number of carbonyl (C=O) groups is 1. The molecule has 0 saturated carbocycles. The van der Waals surface area contributed by atoms with Crippen LogP contribution in [-0.4, -0.2) is 22.7 Å². The van der Waals surface area contributed by atoms with E-state index in [1.165, 1.54) is 15.6 Å². The molecule has 0 aliphatic heterocycles. The van der Waals surface area contributed by atoms with Crippen LogP contribution in [0.5, 0.6) is 0 Å². The Kier molecular flexibility index (Phi) is 4.72. The molecular weight excluding hydrogens is 350 g/mol. The molecule has 0 aliphatic rings. The Morgan fingerprint density at radius 3 is 2.39 bits per heavy atom. The number of fused-ring (bicyclic) bond motifs is 1. The monoisotopic (exact) mass is 369 g/mol. The molecule has 1 aromatic heterocycles. The van der Waals surface area contributed by atoms with Gasteiger partial charge in [-0.05, 0) is 35.0 Å². The number of amides is 1. The van der Waals surface area contributed by atoms with Gasteiger partial charge in [-0.25, -0.2) is 4.68 Å². The van der Waals surface area contributed by atoms with Crippen molar-refractivity contribution >= 4 is 22.4 Å². The molecule has 0 radical (unpaired) electrons. The van der Waals surface area contributed by atoms with E-state index in [-0.39, 0.29) is 18.0 Å². The Labute approximate surface area is 162 Å². The molecule has 0 fully saturated rings. The molecule has 5 nitrogen and oxygen atoms in total. The van der Waals surface area contributed by atoms with Crippen LogP contribution in [0, 0.1) is 0 Å². The topological polar surface area (TPSA) is 55.2 Å². The van der Waals surface area contributed by atoms with E-state index in [4.69, 9.17) is 0 Å². The van der Waals surface area contributed by atoms with Crippen LogP contribution in [0.15, 0.2) is 89.7 Å². The van der Waals surface area contributed by atoms with E-state index in [1.807, 2.05) is 72.8 Å². The van der Waals surface area contributed by atoms with Gasteiger partial charge < -0.3 is 4.90 Å². The first kappa shape index (κ1) is 17.7. The minimum Gasteiger partial charge on any atom is -0.314 e. The number of rotatable bonds is 4. The van der Waals surface area contributed by atoms with Crippen LogP contribution in [0.25, 0.3) is 22.0 Å². The lowest BCUT2D eigenvalue weighted by Crippen LogP contribution is -2.34. The van der Waals surface area contributed by atoms with Crippen LogP contribution in [0.4, 0.5) is 5.69 Å². The number of para-hydroxylation sites is 1. The molecule has 1 heterocycles. The largest absolute Gasteiger partial charge is 0.314 e. The van der Waals surface area contributed by atoms with E-state index >= 15 is 0 Å². The van der Waals surface area contributed by atoms with Gasteiger partial charge in [0.15, 0.2) is 0 Å². The van der Waals surface area contributed by atoms with Crippen LogP contribution < -0.4 is 10.5 Å². The van der Waals surface area contributed by atoms with Gasteiger partial charge >= 0.3 is 0 Å². The van der Waals surface area contributed by atoms with Gasteiger partial charge in [-0.2, -0.15) is 5.10 Å². The first-order valence-corrected chi connectivity index (χ1v) is 9.01. The van der Waals surface area contributed by atoms with E-state index in [0.29, 0.717) is 5.69 Å². The van der Waals surface area contributed by atoms with Crippen molar-refractivity contribution in [1.29, 1.82) is 0 Å². The first-order chi connectivity index (χ1) is 13.6. The SMILES string of the molecule is CN(C(=O)Cn1nc(-c2ccc3ccccc3c2)ccc1=O)c1ccccc1. The van der Waals surface area contributed by atoms with Gasteiger partial charge in [-0.3, -0.25) is 9.59 Å². The van der Waals surface area contributed by atoms with Crippen molar-refractivity contribution in [2.24, 2.45) is 0 Å². The molecular formula is C23H19N3O2. The lowest BCUT2D eigenvalue weighted by Gasteiger charge is -2.17. The molecule has 4 rings (SSSR count). The maximum Gasteiger partial charge on any atom is 0.267 e. The summed E-state index contributed by atoms with van der Waals surface area (Å²) in [5.41, 5.74) is 2.02. The second-order valence-electron chi connectivity index (χ2n) is 6.56. The van der Waals surface area contributed by atoms with E-state index < -0.39 is 0 Å². The summed E-state index contributed by atoms with van der Waals surface area (Å²) in [6.45, 7) is -0.119. The third-order valence-electron chi connectivity index (χ3n) is 4.71. The summed E-state index contributed by atoms with van der Waals surface area (Å²) < 4.78 is 1.21. The fraction of sp³-hybridized carbons (Fsp3) is 0.0870. The van der Waals surface area contributed by atoms with Gasteiger partial charge in [0.05, 0.1) is 5.69 Å². The third kappa shape index (κ3) is 3.55. The number of nitrogens with zero attached hydrogens (tertiary/aromatic N) is 3. The summed E-state index contributed by atoms with van der Waals surface area (Å²) >= 11 is 0. The Morgan fingerprint density at radius 2 is 1.61 bits per heavy atom. The summed E-state index contributed by atoms with van der Waals surface area (Å²) in [6, 6.07) is 26.5. The van der Waals surface area contributed by atoms with Gasteiger partial charge in [-0.1, -0.05) is 54.6 Å². The van der Waals surface area contributed by atoms with Crippen LogP contribution in [0.3, 0.4) is 0 Å². The van der Waals surface area contributed by atoms with Crippen molar-refractivity contribution in [2.45, 2.75) is 6.54 Å². The maximum absolute atomic E-state index is 12.6. The minimum atomic E-state index is -0.306. The maximum atomic E-state index is 12.6. The Bertz CT molecular complexity index is 1200. The fourth-order valence-corrected chi connectivity index (χ4v) is 3.09. The molecule has 28 heavy (non-hydrogen) atoms. The molecule has 4 aromatic rings. The minimum absolute atomic E-state index is 0.119. The molecule has 3 aromatic carbocycles. The van der Waals surface area contributed by atoms with Crippen molar-refractivity contribution in [3.8, 4) is 11.3 Å². The molecule has 0 atom stereocenters. The first-order valence-electron chi connectivity index (χ1n) is 9.01. The number of hydrogen-bond acceptors (Lipinski definition) is 3. The normalized spacial score (nSPS) is 10.8. The highest BCUT2D eigenvalue weighted by atomic mass is 16.2. The third-order valence-corrected chi connectivity index (χ3v) is 4.71. The smallest absolute Gasteiger partial charge is 0.267 e. The van der Waals surface area contributed by atoms with Crippen LogP contribution in [-0.2, 0) is 11.3 Å². The van der Waals surface area contributed by atoms with Gasteiger partial charge in [0.1, 0.15) is 6.54 Å². The lowest BCUT2D eigenvalue weighted by atomic mass is 10.1. The molecule has 5 heteroatoms. The number of likely N-dealkylation sites (N-methyl/N-ethyl adjacent to an activating group) is 1.